The highest BCUT2D eigenvalue weighted by molar-refractivity contribution is 7.91. The van der Waals surface area contributed by atoms with E-state index in [-0.39, 0.29) is 23.4 Å². The van der Waals surface area contributed by atoms with E-state index >= 15 is 0 Å². The number of sulfone groups is 1. The summed E-state index contributed by atoms with van der Waals surface area (Å²) in [6.45, 7) is 1.69. The Hall–Kier alpha value is -2.46. The Balaban J connectivity index is 1.31. The highest BCUT2D eigenvalue weighted by atomic mass is 32.2. The molecule has 2 aromatic carbocycles. The lowest BCUT2D eigenvalue weighted by molar-refractivity contribution is -0.129. The van der Waals surface area contributed by atoms with Crippen molar-refractivity contribution in [3.05, 3.63) is 64.7 Å². The molecule has 0 aromatic heterocycles. The number of fused-ring (bicyclic) bond motifs is 1. The summed E-state index contributed by atoms with van der Waals surface area (Å²) in [5.74, 6) is -2.37. The molecule has 232 valence electrons. The average Bonchev–Trinajstić information content (AvgIpc) is 3.31. The third-order valence-electron chi connectivity index (χ3n) is 8.51. The van der Waals surface area contributed by atoms with Crippen LogP contribution in [0.2, 0.25) is 0 Å². The van der Waals surface area contributed by atoms with Crippen molar-refractivity contribution in [2.45, 2.75) is 89.3 Å². The predicted molar refractivity (Wildman–Crippen MR) is 156 cm³/mol. The number of hydrogen-bond donors (Lipinski definition) is 1. The van der Waals surface area contributed by atoms with Crippen LogP contribution in [-0.2, 0) is 16.3 Å². The standard InChI is InChI=1S/C32H40F5NO3S/c33-25-13-11-23(12-14-25)27-10-5-7-24-21-31(39)30(34)22-29(24)28(27)9-3-1-2-4-17-38-18-6-8-26(38)15-19-42(40,41)20-16-32(35,36)37/h11-14,21-22,26,39H,1-10,15-20H2. The smallest absolute Gasteiger partial charge is 0.390 e. The second kappa shape index (κ2) is 14.3. The first kappa shape index (κ1) is 32.5. The van der Waals surface area contributed by atoms with Crippen molar-refractivity contribution < 1.29 is 35.5 Å². The van der Waals surface area contributed by atoms with Gasteiger partial charge >= 0.3 is 6.18 Å². The quantitative estimate of drug-likeness (QED) is 0.183. The number of rotatable bonds is 13. The van der Waals surface area contributed by atoms with Crippen molar-refractivity contribution in [1.82, 2.24) is 4.90 Å². The summed E-state index contributed by atoms with van der Waals surface area (Å²) in [5.41, 5.74) is 4.78. The Labute approximate surface area is 245 Å². The topological polar surface area (TPSA) is 57.6 Å². The van der Waals surface area contributed by atoms with E-state index in [1.165, 1.54) is 24.3 Å². The molecule has 4 rings (SSSR count). The summed E-state index contributed by atoms with van der Waals surface area (Å²) in [7, 11) is -3.73. The van der Waals surface area contributed by atoms with Gasteiger partial charge in [0.05, 0.1) is 17.9 Å². The van der Waals surface area contributed by atoms with Gasteiger partial charge in [0.2, 0.25) is 0 Å². The first-order valence-electron chi connectivity index (χ1n) is 14.9. The first-order valence-corrected chi connectivity index (χ1v) is 16.7. The summed E-state index contributed by atoms with van der Waals surface area (Å²) >= 11 is 0. The summed E-state index contributed by atoms with van der Waals surface area (Å²) in [6, 6.07) is 9.43. The predicted octanol–water partition coefficient (Wildman–Crippen LogP) is 8.09. The molecule has 1 atom stereocenters. The van der Waals surface area contributed by atoms with Crippen LogP contribution in [0.15, 0.2) is 36.4 Å². The van der Waals surface area contributed by atoms with E-state index in [2.05, 4.69) is 4.90 Å². The summed E-state index contributed by atoms with van der Waals surface area (Å²) in [5, 5.41) is 9.97. The van der Waals surface area contributed by atoms with Crippen molar-refractivity contribution in [3.8, 4) is 5.75 Å². The minimum absolute atomic E-state index is 0.0860. The second-order valence-electron chi connectivity index (χ2n) is 11.6. The van der Waals surface area contributed by atoms with Crippen LogP contribution in [0.4, 0.5) is 22.0 Å². The number of phenols is 1. The zero-order valence-electron chi connectivity index (χ0n) is 23.9. The van der Waals surface area contributed by atoms with Crippen molar-refractivity contribution in [1.29, 1.82) is 0 Å². The van der Waals surface area contributed by atoms with Crippen LogP contribution in [-0.4, -0.2) is 55.2 Å². The minimum Gasteiger partial charge on any atom is -0.505 e. The molecule has 0 saturated carbocycles. The third kappa shape index (κ3) is 9.27. The zero-order chi connectivity index (χ0) is 30.3. The Kier molecular flexibility index (Phi) is 11.1. The molecule has 1 aliphatic heterocycles. The number of allylic oxidation sites excluding steroid dienone is 2. The fourth-order valence-corrected chi connectivity index (χ4v) is 7.67. The molecule has 42 heavy (non-hydrogen) atoms. The van der Waals surface area contributed by atoms with E-state index in [1.807, 2.05) is 0 Å². The van der Waals surface area contributed by atoms with Gasteiger partial charge in [0.1, 0.15) is 5.82 Å². The third-order valence-corrected chi connectivity index (χ3v) is 10.2. The van der Waals surface area contributed by atoms with Crippen LogP contribution in [0.5, 0.6) is 5.75 Å². The highest BCUT2D eigenvalue weighted by Crippen LogP contribution is 2.40. The number of halogens is 5. The van der Waals surface area contributed by atoms with Crippen molar-refractivity contribution >= 4 is 21.0 Å². The Bertz CT molecular complexity index is 1340. The number of likely N-dealkylation sites (tertiary alicyclic amines) is 1. The van der Waals surface area contributed by atoms with E-state index in [1.54, 1.807) is 12.1 Å². The molecule has 1 saturated heterocycles. The molecular formula is C32H40F5NO3S. The van der Waals surface area contributed by atoms with Crippen LogP contribution < -0.4 is 0 Å². The van der Waals surface area contributed by atoms with Crippen LogP contribution in [0.1, 0.15) is 87.3 Å². The minimum atomic E-state index is -4.47. The van der Waals surface area contributed by atoms with Gasteiger partial charge in [-0.25, -0.2) is 17.2 Å². The second-order valence-corrected chi connectivity index (χ2v) is 13.9. The summed E-state index contributed by atoms with van der Waals surface area (Å²) in [4.78, 5) is 2.27. The van der Waals surface area contributed by atoms with Crippen molar-refractivity contribution in [3.63, 3.8) is 0 Å². The van der Waals surface area contributed by atoms with Gasteiger partial charge in [0.15, 0.2) is 21.4 Å². The van der Waals surface area contributed by atoms with Crippen LogP contribution in [0, 0.1) is 11.6 Å². The Morgan fingerprint density at radius 1 is 0.929 bits per heavy atom. The molecular weight excluding hydrogens is 573 g/mol. The highest BCUT2D eigenvalue weighted by Gasteiger charge is 2.31. The maximum absolute atomic E-state index is 14.5. The fraction of sp³-hybridized carbons (Fsp3) is 0.562. The summed E-state index contributed by atoms with van der Waals surface area (Å²) < 4.78 is 89.6. The molecule has 1 fully saturated rings. The molecule has 1 heterocycles. The van der Waals surface area contributed by atoms with Crippen molar-refractivity contribution in [2.24, 2.45) is 0 Å². The van der Waals surface area contributed by atoms with Crippen LogP contribution >= 0.6 is 0 Å². The first-order chi connectivity index (χ1) is 19.9. The van der Waals surface area contributed by atoms with E-state index in [4.69, 9.17) is 0 Å². The maximum atomic E-state index is 14.5. The number of nitrogens with zero attached hydrogens (tertiary/aromatic N) is 1. The Morgan fingerprint density at radius 2 is 1.67 bits per heavy atom. The monoisotopic (exact) mass is 613 g/mol. The fourth-order valence-electron chi connectivity index (χ4n) is 6.29. The van der Waals surface area contributed by atoms with Gasteiger partial charge in [-0.05, 0) is 123 Å². The van der Waals surface area contributed by atoms with Crippen molar-refractivity contribution in [2.75, 3.05) is 24.6 Å². The number of aryl methyl sites for hydroxylation is 1. The number of benzene rings is 2. The average molecular weight is 614 g/mol. The molecule has 1 unspecified atom stereocenters. The van der Waals surface area contributed by atoms with E-state index < -0.39 is 34.0 Å². The van der Waals surface area contributed by atoms with Gasteiger partial charge in [0, 0.05) is 6.04 Å². The Morgan fingerprint density at radius 3 is 2.40 bits per heavy atom. The molecule has 1 aliphatic carbocycles. The number of alkyl halides is 3. The molecule has 4 nitrogen and oxygen atoms in total. The van der Waals surface area contributed by atoms with Crippen LogP contribution in [0.3, 0.4) is 0 Å². The number of aromatic hydroxyl groups is 1. The van der Waals surface area contributed by atoms with E-state index in [9.17, 15) is 35.5 Å². The van der Waals surface area contributed by atoms with Gasteiger partial charge in [0.25, 0.3) is 0 Å². The van der Waals surface area contributed by atoms with Gasteiger partial charge < -0.3 is 10.0 Å². The normalized spacial score (nSPS) is 18.4. The molecule has 0 amide bonds. The van der Waals surface area contributed by atoms with E-state index in [0.717, 1.165) is 105 Å². The molecule has 1 N–H and O–H groups in total. The molecule has 2 aliphatic rings. The number of phenolic OH excluding ortho intramolecular Hbond substituents is 1. The lowest BCUT2D eigenvalue weighted by atomic mass is 9.89. The maximum Gasteiger partial charge on any atom is 0.390 e. The molecule has 0 bridgehead atoms. The van der Waals surface area contributed by atoms with E-state index in [0.29, 0.717) is 6.42 Å². The number of unbranched alkanes of at least 4 members (excludes halogenated alkanes) is 3. The zero-order valence-corrected chi connectivity index (χ0v) is 24.7. The van der Waals surface area contributed by atoms with Crippen LogP contribution in [0.25, 0.3) is 11.1 Å². The largest absolute Gasteiger partial charge is 0.505 e. The van der Waals surface area contributed by atoms with Gasteiger partial charge in [-0.15, -0.1) is 0 Å². The molecule has 10 heteroatoms. The lowest BCUT2D eigenvalue weighted by Gasteiger charge is -2.24. The number of hydrogen-bond acceptors (Lipinski definition) is 4. The molecule has 0 radical (unpaired) electrons. The lowest BCUT2D eigenvalue weighted by Crippen LogP contribution is -2.32. The van der Waals surface area contributed by atoms with Gasteiger partial charge in [-0.3, -0.25) is 0 Å². The van der Waals surface area contributed by atoms with Gasteiger partial charge in [-0.2, -0.15) is 13.2 Å². The summed E-state index contributed by atoms with van der Waals surface area (Å²) in [6.07, 6.45) is 3.21. The SMILES string of the molecule is O=S(=O)(CCC1CCCN1CCCCCCC1=C(c2ccc(F)cc2)CCCc2cc(O)c(F)cc21)CCC(F)(F)F. The van der Waals surface area contributed by atoms with Gasteiger partial charge in [-0.1, -0.05) is 25.0 Å². The molecule has 0 spiro atoms. The molecule has 2 aromatic rings.